The normalized spacial score (nSPS) is 18.0. The molecule has 1 saturated heterocycles. The number of imide groups is 1. The van der Waals surface area contributed by atoms with Crippen molar-refractivity contribution in [2.24, 2.45) is 5.92 Å². The van der Waals surface area contributed by atoms with Gasteiger partial charge in [-0.3, -0.25) is 19.3 Å². The second-order valence-corrected chi connectivity index (χ2v) is 8.48. The molecule has 0 aromatic heterocycles. The molecule has 1 aromatic carbocycles. The number of fused-ring (bicyclic) bond motifs is 1. The third kappa shape index (κ3) is 4.63. The fraction of sp³-hybridized carbons (Fsp3) is 0.524. The number of hydrogen-bond acceptors (Lipinski definition) is 6. The first-order valence-corrected chi connectivity index (χ1v) is 11.2. The van der Waals surface area contributed by atoms with E-state index in [0.717, 1.165) is 17.7 Å². The van der Waals surface area contributed by atoms with Crippen molar-refractivity contribution < 1.29 is 23.9 Å². The molecule has 8 heteroatoms. The van der Waals surface area contributed by atoms with E-state index >= 15 is 0 Å². The highest BCUT2D eigenvalue weighted by Gasteiger charge is 2.43. The van der Waals surface area contributed by atoms with Crippen LogP contribution in [0.4, 0.5) is 0 Å². The Morgan fingerprint density at radius 1 is 1.14 bits per heavy atom. The van der Waals surface area contributed by atoms with E-state index in [0.29, 0.717) is 24.8 Å². The van der Waals surface area contributed by atoms with E-state index in [9.17, 15) is 19.2 Å². The number of benzene rings is 1. The van der Waals surface area contributed by atoms with E-state index in [1.165, 1.54) is 11.8 Å². The molecule has 29 heavy (non-hydrogen) atoms. The third-order valence-corrected chi connectivity index (χ3v) is 6.12. The number of esters is 1. The molecule has 0 radical (unpaired) electrons. The quantitative estimate of drug-likeness (QED) is 0.499. The summed E-state index contributed by atoms with van der Waals surface area (Å²) >= 11 is 1.51. The zero-order valence-electron chi connectivity index (χ0n) is 16.8. The predicted octanol–water partition coefficient (Wildman–Crippen LogP) is 2.21. The van der Waals surface area contributed by atoms with Crippen molar-refractivity contribution in [2.75, 3.05) is 31.7 Å². The predicted molar refractivity (Wildman–Crippen MR) is 110 cm³/mol. The van der Waals surface area contributed by atoms with E-state index < -0.39 is 23.8 Å². The Kier molecular flexibility index (Phi) is 6.95. The highest BCUT2D eigenvalue weighted by atomic mass is 32.2. The Morgan fingerprint density at radius 2 is 1.72 bits per heavy atom. The van der Waals surface area contributed by atoms with Gasteiger partial charge in [-0.05, 0) is 49.3 Å². The average Bonchev–Trinajstić information content (AvgIpc) is 2.98. The Labute approximate surface area is 174 Å². The van der Waals surface area contributed by atoms with Crippen LogP contribution in [0.15, 0.2) is 24.3 Å². The maximum atomic E-state index is 12.8. The molecular weight excluding hydrogens is 392 g/mol. The lowest BCUT2D eigenvalue weighted by Crippen LogP contribution is -2.47. The number of carbonyl (C=O) groups excluding carboxylic acids is 4. The maximum Gasteiger partial charge on any atom is 0.329 e. The fourth-order valence-electron chi connectivity index (χ4n) is 3.65. The number of rotatable bonds is 7. The largest absolute Gasteiger partial charge is 0.454 e. The van der Waals surface area contributed by atoms with Gasteiger partial charge in [-0.1, -0.05) is 19.1 Å². The van der Waals surface area contributed by atoms with Crippen LogP contribution in [0, 0.1) is 5.92 Å². The van der Waals surface area contributed by atoms with Gasteiger partial charge in [0.25, 0.3) is 17.7 Å². The SMILES string of the molecule is CSCC[C@H](C(=O)OCC(=O)N1CCC(C)CC1)N1C(=O)c2ccccc2C1=O. The Morgan fingerprint density at radius 3 is 2.28 bits per heavy atom. The molecule has 0 bridgehead atoms. The number of likely N-dealkylation sites (tertiary alicyclic amines) is 1. The second kappa shape index (κ2) is 9.43. The summed E-state index contributed by atoms with van der Waals surface area (Å²) in [5.74, 6) is -0.782. The molecule has 0 spiro atoms. The van der Waals surface area contributed by atoms with Gasteiger partial charge in [-0.25, -0.2) is 4.79 Å². The molecule has 0 aliphatic carbocycles. The number of hydrogen-bond donors (Lipinski definition) is 0. The monoisotopic (exact) mass is 418 g/mol. The lowest BCUT2D eigenvalue weighted by molar-refractivity contribution is -0.155. The summed E-state index contributed by atoms with van der Waals surface area (Å²) in [4.78, 5) is 53.3. The molecule has 1 fully saturated rings. The minimum Gasteiger partial charge on any atom is -0.454 e. The van der Waals surface area contributed by atoms with Gasteiger partial charge in [0, 0.05) is 13.1 Å². The highest BCUT2D eigenvalue weighted by Crippen LogP contribution is 2.26. The van der Waals surface area contributed by atoms with Gasteiger partial charge < -0.3 is 9.64 Å². The standard InChI is InChI=1S/C21H26N2O5S/c1-14-7-10-22(11-8-14)18(24)13-28-21(27)17(9-12-29-2)23-19(25)15-5-3-4-6-16(15)20(23)26/h3-6,14,17H,7-13H2,1-2H3/t17-/m1/s1. The zero-order valence-corrected chi connectivity index (χ0v) is 17.6. The van der Waals surface area contributed by atoms with Crippen LogP contribution < -0.4 is 0 Å². The van der Waals surface area contributed by atoms with Crippen molar-refractivity contribution in [2.45, 2.75) is 32.2 Å². The van der Waals surface area contributed by atoms with Crippen LogP contribution in [-0.2, 0) is 14.3 Å². The fourth-order valence-corrected chi connectivity index (χ4v) is 4.11. The smallest absolute Gasteiger partial charge is 0.329 e. The number of carbonyl (C=O) groups is 4. The van der Waals surface area contributed by atoms with Crippen LogP contribution in [0.25, 0.3) is 0 Å². The van der Waals surface area contributed by atoms with Crippen molar-refractivity contribution in [3.05, 3.63) is 35.4 Å². The number of amides is 3. The van der Waals surface area contributed by atoms with Crippen LogP contribution in [0.3, 0.4) is 0 Å². The van der Waals surface area contributed by atoms with E-state index in [-0.39, 0.29) is 30.1 Å². The molecule has 0 N–H and O–H groups in total. The molecule has 0 saturated carbocycles. The van der Waals surface area contributed by atoms with Crippen molar-refractivity contribution in [3.8, 4) is 0 Å². The van der Waals surface area contributed by atoms with Gasteiger partial charge in [-0.15, -0.1) is 0 Å². The Hall–Kier alpha value is -2.35. The number of ether oxygens (including phenoxy) is 1. The molecule has 3 amide bonds. The zero-order chi connectivity index (χ0) is 21.0. The van der Waals surface area contributed by atoms with E-state index in [1.54, 1.807) is 29.2 Å². The topological polar surface area (TPSA) is 84.0 Å². The molecule has 3 rings (SSSR count). The first kappa shape index (κ1) is 21.4. The van der Waals surface area contributed by atoms with Gasteiger partial charge >= 0.3 is 5.97 Å². The molecule has 0 unspecified atom stereocenters. The van der Waals surface area contributed by atoms with Crippen molar-refractivity contribution in [1.82, 2.24) is 9.80 Å². The molecule has 2 aliphatic heterocycles. The highest BCUT2D eigenvalue weighted by molar-refractivity contribution is 7.98. The number of piperidine rings is 1. The van der Waals surface area contributed by atoms with E-state index in [2.05, 4.69) is 6.92 Å². The summed E-state index contributed by atoms with van der Waals surface area (Å²) in [6.45, 7) is 3.10. The van der Waals surface area contributed by atoms with Crippen LogP contribution in [0.5, 0.6) is 0 Å². The Bertz CT molecular complexity index is 769. The summed E-state index contributed by atoms with van der Waals surface area (Å²) in [7, 11) is 0. The first-order valence-electron chi connectivity index (χ1n) is 9.84. The maximum absolute atomic E-state index is 12.8. The van der Waals surface area contributed by atoms with Gasteiger partial charge in [0.2, 0.25) is 0 Å². The van der Waals surface area contributed by atoms with Crippen molar-refractivity contribution >= 4 is 35.5 Å². The van der Waals surface area contributed by atoms with Crippen LogP contribution in [0.1, 0.15) is 46.9 Å². The van der Waals surface area contributed by atoms with Crippen LogP contribution in [-0.4, -0.2) is 71.2 Å². The summed E-state index contributed by atoms with van der Waals surface area (Å²) in [5, 5.41) is 0. The molecule has 1 aromatic rings. The lowest BCUT2D eigenvalue weighted by Gasteiger charge is -2.30. The molecule has 2 aliphatic rings. The van der Waals surface area contributed by atoms with Crippen LogP contribution in [0.2, 0.25) is 0 Å². The van der Waals surface area contributed by atoms with E-state index in [1.807, 2.05) is 6.26 Å². The summed E-state index contributed by atoms with van der Waals surface area (Å²) in [6.07, 6.45) is 4.03. The van der Waals surface area contributed by atoms with E-state index in [4.69, 9.17) is 4.74 Å². The van der Waals surface area contributed by atoms with Crippen molar-refractivity contribution in [3.63, 3.8) is 0 Å². The van der Waals surface area contributed by atoms with Crippen molar-refractivity contribution in [1.29, 1.82) is 0 Å². The number of thioether (sulfide) groups is 1. The average molecular weight is 419 g/mol. The first-order chi connectivity index (χ1) is 13.9. The molecule has 7 nitrogen and oxygen atoms in total. The summed E-state index contributed by atoms with van der Waals surface area (Å²) < 4.78 is 5.27. The van der Waals surface area contributed by atoms with Crippen LogP contribution >= 0.6 is 11.8 Å². The van der Waals surface area contributed by atoms with Gasteiger partial charge in [0.1, 0.15) is 6.04 Å². The Balaban J connectivity index is 1.67. The van der Waals surface area contributed by atoms with Gasteiger partial charge in [-0.2, -0.15) is 11.8 Å². The molecule has 2 heterocycles. The molecule has 156 valence electrons. The minimum atomic E-state index is -1.04. The molecular formula is C21H26N2O5S. The minimum absolute atomic E-state index is 0.240. The molecule has 1 atom stereocenters. The van der Waals surface area contributed by atoms with Gasteiger partial charge in [0.15, 0.2) is 6.61 Å². The third-order valence-electron chi connectivity index (χ3n) is 5.48. The second-order valence-electron chi connectivity index (χ2n) is 7.49. The summed E-state index contributed by atoms with van der Waals surface area (Å²) in [5.41, 5.74) is 0.580. The van der Waals surface area contributed by atoms with Gasteiger partial charge in [0.05, 0.1) is 11.1 Å². The summed E-state index contributed by atoms with van der Waals surface area (Å²) in [6, 6.07) is 5.48. The lowest BCUT2D eigenvalue weighted by atomic mass is 9.99. The number of nitrogens with zero attached hydrogens (tertiary/aromatic N) is 2.